The van der Waals surface area contributed by atoms with E-state index in [2.05, 4.69) is 22.1 Å². The highest BCUT2D eigenvalue weighted by Gasteiger charge is 2.05. The molecule has 0 aliphatic heterocycles. The average molecular weight is 276 g/mol. The molecule has 0 radical (unpaired) electrons. The molecule has 0 fully saturated rings. The fraction of sp³-hybridized carbons (Fsp3) is 0.214. The van der Waals surface area contributed by atoms with Gasteiger partial charge >= 0.3 is 0 Å². The normalized spacial score (nSPS) is 10.2. The minimum absolute atomic E-state index is 0.0537. The lowest BCUT2D eigenvalue weighted by atomic mass is 10.2. The molecular weight excluding hydrogens is 260 g/mol. The molecule has 1 amide bonds. The van der Waals surface area contributed by atoms with Crippen LogP contribution < -0.4 is 10.6 Å². The maximum absolute atomic E-state index is 11.7. The highest BCUT2D eigenvalue weighted by atomic mass is 32.1. The number of amides is 1. The monoisotopic (exact) mass is 276 g/mol. The molecule has 2 rings (SSSR count). The third kappa shape index (κ3) is 4.08. The van der Waals surface area contributed by atoms with Gasteiger partial charge in [0.1, 0.15) is 0 Å². The Morgan fingerprint density at radius 2 is 2.21 bits per heavy atom. The van der Waals surface area contributed by atoms with Gasteiger partial charge < -0.3 is 15.7 Å². The zero-order chi connectivity index (χ0) is 13.5. The predicted octanol–water partition coefficient (Wildman–Crippen LogP) is 2.08. The molecule has 0 aliphatic carbocycles. The van der Waals surface area contributed by atoms with Gasteiger partial charge in [0.25, 0.3) is 5.91 Å². The van der Waals surface area contributed by atoms with Crippen LogP contribution in [0.25, 0.3) is 0 Å². The van der Waals surface area contributed by atoms with Crippen LogP contribution in [0.4, 0.5) is 5.69 Å². The van der Waals surface area contributed by atoms with Gasteiger partial charge in [0.2, 0.25) is 0 Å². The number of rotatable bonds is 6. The van der Waals surface area contributed by atoms with E-state index in [0.29, 0.717) is 5.56 Å². The maximum atomic E-state index is 11.7. The van der Waals surface area contributed by atoms with Gasteiger partial charge in [0.05, 0.1) is 6.61 Å². The van der Waals surface area contributed by atoms with Crippen LogP contribution in [0, 0.1) is 0 Å². The van der Waals surface area contributed by atoms with E-state index >= 15 is 0 Å². The summed E-state index contributed by atoms with van der Waals surface area (Å²) in [6, 6.07) is 9.38. The van der Waals surface area contributed by atoms with Gasteiger partial charge in [-0.1, -0.05) is 6.07 Å². The Kier molecular flexibility index (Phi) is 4.94. The summed E-state index contributed by atoms with van der Waals surface area (Å²) in [4.78, 5) is 11.7. The quantitative estimate of drug-likeness (QED) is 0.757. The minimum atomic E-state index is -0.173. The maximum Gasteiger partial charge on any atom is 0.251 e. The van der Waals surface area contributed by atoms with Crippen molar-refractivity contribution < 1.29 is 9.90 Å². The summed E-state index contributed by atoms with van der Waals surface area (Å²) in [5.41, 5.74) is 2.71. The van der Waals surface area contributed by atoms with Crippen molar-refractivity contribution in [2.45, 2.75) is 6.54 Å². The molecule has 0 bridgehead atoms. The highest BCUT2D eigenvalue weighted by Crippen LogP contribution is 2.13. The second-order valence-corrected chi connectivity index (χ2v) is 4.83. The lowest BCUT2D eigenvalue weighted by Gasteiger charge is -2.08. The van der Waals surface area contributed by atoms with Crippen molar-refractivity contribution in [3.63, 3.8) is 0 Å². The summed E-state index contributed by atoms with van der Waals surface area (Å²) in [6.45, 7) is 0.957. The molecular formula is C14H16N2O2S. The zero-order valence-electron chi connectivity index (χ0n) is 10.4. The number of anilines is 1. The van der Waals surface area contributed by atoms with Crippen LogP contribution in [0.1, 0.15) is 15.9 Å². The van der Waals surface area contributed by atoms with E-state index in [1.807, 2.05) is 17.5 Å². The second-order valence-electron chi connectivity index (χ2n) is 4.05. The van der Waals surface area contributed by atoms with Gasteiger partial charge in [-0.15, -0.1) is 0 Å². The van der Waals surface area contributed by atoms with Crippen LogP contribution >= 0.6 is 11.3 Å². The van der Waals surface area contributed by atoms with Crippen molar-refractivity contribution in [1.82, 2.24) is 5.32 Å². The molecule has 0 aliphatic rings. The minimum Gasteiger partial charge on any atom is -0.395 e. The SMILES string of the molecule is O=C(NCCO)c1cccc(NCc2ccsc2)c1. The van der Waals surface area contributed by atoms with Crippen LogP contribution in [0.2, 0.25) is 0 Å². The fourth-order valence-corrected chi connectivity index (χ4v) is 2.31. The van der Waals surface area contributed by atoms with E-state index in [1.165, 1.54) is 5.56 Å². The van der Waals surface area contributed by atoms with Crippen molar-refractivity contribution in [2.24, 2.45) is 0 Å². The summed E-state index contributed by atoms with van der Waals surface area (Å²) in [5.74, 6) is -0.173. The zero-order valence-corrected chi connectivity index (χ0v) is 11.2. The molecule has 5 heteroatoms. The summed E-state index contributed by atoms with van der Waals surface area (Å²) >= 11 is 1.66. The van der Waals surface area contributed by atoms with Crippen LogP contribution in [0.15, 0.2) is 41.1 Å². The van der Waals surface area contributed by atoms with Gasteiger partial charge in [0, 0.05) is 24.3 Å². The number of aliphatic hydroxyl groups excluding tert-OH is 1. The summed E-state index contributed by atoms with van der Waals surface area (Å²) in [5, 5.41) is 18.7. The van der Waals surface area contributed by atoms with Crippen LogP contribution in [0.5, 0.6) is 0 Å². The molecule has 0 unspecified atom stereocenters. The standard InChI is InChI=1S/C14H16N2O2S/c17-6-5-15-14(18)12-2-1-3-13(8-12)16-9-11-4-7-19-10-11/h1-4,7-8,10,16-17H,5-6,9H2,(H,15,18). The van der Waals surface area contributed by atoms with Gasteiger partial charge in [-0.05, 0) is 40.6 Å². The molecule has 100 valence electrons. The average Bonchev–Trinajstić information content (AvgIpc) is 2.96. The predicted molar refractivity (Wildman–Crippen MR) is 77.5 cm³/mol. The molecule has 0 spiro atoms. The fourth-order valence-electron chi connectivity index (χ4n) is 1.64. The van der Waals surface area contributed by atoms with E-state index in [-0.39, 0.29) is 19.1 Å². The number of aliphatic hydroxyl groups is 1. The first-order valence-electron chi connectivity index (χ1n) is 6.03. The molecule has 2 aromatic rings. The molecule has 4 nitrogen and oxygen atoms in total. The van der Waals surface area contributed by atoms with E-state index in [4.69, 9.17) is 5.11 Å². The van der Waals surface area contributed by atoms with Crippen LogP contribution in [0.3, 0.4) is 0 Å². The summed E-state index contributed by atoms with van der Waals surface area (Å²) in [7, 11) is 0. The van der Waals surface area contributed by atoms with Gasteiger partial charge in [-0.3, -0.25) is 4.79 Å². The van der Waals surface area contributed by atoms with E-state index in [9.17, 15) is 4.79 Å². The highest BCUT2D eigenvalue weighted by molar-refractivity contribution is 7.07. The number of thiophene rings is 1. The number of benzene rings is 1. The lowest BCUT2D eigenvalue weighted by molar-refractivity contribution is 0.0945. The Labute approximate surface area is 116 Å². The third-order valence-corrected chi connectivity index (χ3v) is 3.33. The van der Waals surface area contributed by atoms with Crippen molar-refractivity contribution in [1.29, 1.82) is 0 Å². The second kappa shape index (κ2) is 6.92. The first-order valence-corrected chi connectivity index (χ1v) is 6.98. The molecule has 1 aromatic heterocycles. The Morgan fingerprint density at radius 3 is 2.95 bits per heavy atom. The van der Waals surface area contributed by atoms with Gasteiger partial charge in [-0.2, -0.15) is 11.3 Å². The molecule has 0 saturated heterocycles. The molecule has 3 N–H and O–H groups in total. The number of hydrogen-bond acceptors (Lipinski definition) is 4. The summed E-state index contributed by atoms with van der Waals surface area (Å²) in [6.07, 6.45) is 0. The van der Waals surface area contributed by atoms with Crippen molar-refractivity contribution in [2.75, 3.05) is 18.5 Å². The molecule has 1 aromatic carbocycles. The van der Waals surface area contributed by atoms with E-state index < -0.39 is 0 Å². The Morgan fingerprint density at radius 1 is 1.32 bits per heavy atom. The van der Waals surface area contributed by atoms with Crippen LogP contribution in [-0.2, 0) is 6.54 Å². The topological polar surface area (TPSA) is 61.4 Å². The van der Waals surface area contributed by atoms with Crippen molar-refractivity contribution in [3.8, 4) is 0 Å². The van der Waals surface area contributed by atoms with E-state index in [0.717, 1.165) is 12.2 Å². The van der Waals surface area contributed by atoms with Crippen molar-refractivity contribution >= 4 is 22.9 Å². The number of carbonyl (C=O) groups is 1. The summed E-state index contributed by atoms with van der Waals surface area (Å²) < 4.78 is 0. The largest absolute Gasteiger partial charge is 0.395 e. The van der Waals surface area contributed by atoms with E-state index in [1.54, 1.807) is 23.5 Å². The Hall–Kier alpha value is -1.85. The molecule has 19 heavy (non-hydrogen) atoms. The lowest BCUT2D eigenvalue weighted by Crippen LogP contribution is -2.26. The smallest absolute Gasteiger partial charge is 0.251 e. The number of hydrogen-bond donors (Lipinski definition) is 3. The van der Waals surface area contributed by atoms with Gasteiger partial charge in [-0.25, -0.2) is 0 Å². The van der Waals surface area contributed by atoms with Gasteiger partial charge in [0.15, 0.2) is 0 Å². The molecule has 0 saturated carbocycles. The number of carbonyl (C=O) groups excluding carboxylic acids is 1. The first-order chi connectivity index (χ1) is 9.29. The first kappa shape index (κ1) is 13.6. The van der Waals surface area contributed by atoms with Crippen molar-refractivity contribution in [3.05, 3.63) is 52.2 Å². The van der Waals surface area contributed by atoms with Crippen LogP contribution in [-0.4, -0.2) is 24.2 Å². The Balaban J connectivity index is 1.96. The Bertz CT molecular complexity index is 526. The number of nitrogens with one attached hydrogen (secondary N) is 2. The third-order valence-electron chi connectivity index (χ3n) is 2.60. The molecule has 0 atom stereocenters. The molecule has 1 heterocycles.